The molecule has 0 aromatic carbocycles. The van der Waals surface area contributed by atoms with E-state index in [0.29, 0.717) is 5.92 Å². The maximum absolute atomic E-state index is 10.7. The monoisotopic (exact) mass is 281 g/mol. The molecule has 2 fully saturated rings. The molecule has 1 aliphatic carbocycles. The molecule has 1 N–H and O–H groups in total. The number of nitrogens with zero attached hydrogens (tertiary/aromatic N) is 3. The third kappa shape index (κ3) is 2.63. The van der Waals surface area contributed by atoms with Gasteiger partial charge in [-0.1, -0.05) is 19.8 Å². The zero-order valence-electron chi connectivity index (χ0n) is 11.6. The van der Waals surface area contributed by atoms with Crippen molar-refractivity contribution in [1.29, 1.82) is 0 Å². The molecule has 1 saturated carbocycles. The predicted octanol–water partition coefficient (Wildman–Crippen LogP) is 2.62. The summed E-state index contributed by atoms with van der Waals surface area (Å²) in [4.78, 5) is 6.97. The highest BCUT2D eigenvalue weighted by Crippen LogP contribution is 2.41. The highest BCUT2D eigenvalue weighted by molar-refractivity contribution is 7.09. The topological polar surface area (TPSA) is 49.2 Å². The summed E-state index contributed by atoms with van der Waals surface area (Å²) in [6, 6.07) is 0. The minimum atomic E-state index is -0.397. The van der Waals surface area contributed by atoms with Gasteiger partial charge in [-0.25, -0.2) is 4.98 Å². The fourth-order valence-electron chi connectivity index (χ4n) is 3.44. The molecular formula is C14H23N3OS. The second-order valence-corrected chi connectivity index (χ2v) is 6.72. The van der Waals surface area contributed by atoms with Gasteiger partial charge in [0.15, 0.2) is 0 Å². The van der Waals surface area contributed by atoms with E-state index in [1.54, 1.807) is 0 Å². The summed E-state index contributed by atoms with van der Waals surface area (Å²) >= 11 is 1.52. The Bertz CT molecular complexity index is 436. The molecule has 1 aliphatic heterocycles. The molecule has 0 bridgehead atoms. The molecule has 3 rings (SSSR count). The van der Waals surface area contributed by atoms with Crippen LogP contribution in [0.25, 0.3) is 0 Å². The maximum Gasteiger partial charge on any atom is 0.205 e. The van der Waals surface area contributed by atoms with Gasteiger partial charge in [-0.3, -0.25) is 0 Å². The van der Waals surface area contributed by atoms with E-state index < -0.39 is 5.60 Å². The fourth-order valence-corrected chi connectivity index (χ4v) is 4.19. The molecule has 0 radical (unpaired) electrons. The van der Waals surface area contributed by atoms with E-state index in [1.165, 1.54) is 24.4 Å². The highest BCUT2D eigenvalue weighted by Gasteiger charge is 2.43. The first-order valence-electron chi connectivity index (χ1n) is 7.51. The lowest BCUT2D eigenvalue weighted by molar-refractivity contribution is -0.0612. The normalized spacial score (nSPS) is 31.3. The lowest BCUT2D eigenvalue weighted by atomic mass is 9.71. The number of aromatic nitrogens is 2. The van der Waals surface area contributed by atoms with E-state index in [0.717, 1.165) is 56.1 Å². The summed E-state index contributed by atoms with van der Waals surface area (Å²) in [5.74, 6) is 1.40. The van der Waals surface area contributed by atoms with E-state index in [2.05, 4.69) is 21.2 Å². The van der Waals surface area contributed by atoms with Crippen LogP contribution < -0.4 is 4.90 Å². The Kier molecular flexibility index (Phi) is 3.76. The van der Waals surface area contributed by atoms with Crippen LogP contribution in [0, 0.1) is 5.92 Å². The molecular weight excluding hydrogens is 258 g/mol. The van der Waals surface area contributed by atoms with E-state index in [1.807, 2.05) is 0 Å². The van der Waals surface area contributed by atoms with Crippen molar-refractivity contribution in [3.63, 3.8) is 0 Å². The number of fused-ring (bicyclic) bond motifs is 1. The number of anilines is 1. The fraction of sp³-hybridized carbons (Fsp3) is 0.857. The van der Waals surface area contributed by atoms with Crippen LogP contribution in [0.5, 0.6) is 0 Å². The lowest BCUT2D eigenvalue weighted by Crippen LogP contribution is -2.53. The highest BCUT2D eigenvalue weighted by atomic mass is 32.1. The van der Waals surface area contributed by atoms with E-state index >= 15 is 0 Å². The summed E-state index contributed by atoms with van der Waals surface area (Å²) in [5.41, 5.74) is -0.397. The minimum Gasteiger partial charge on any atom is -0.389 e. The number of rotatable bonds is 3. The third-order valence-electron chi connectivity index (χ3n) is 4.63. The quantitative estimate of drug-likeness (QED) is 0.925. The van der Waals surface area contributed by atoms with Gasteiger partial charge in [0.25, 0.3) is 0 Å². The summed E-state index contributed by atoms with van der Waals surface area (Å²) in [5, 5.41) is 11.7. The minimum absolute atomic E-state index is 0.397. The molecule has 1 aromatic heterocycles. The Morgan fingerprint density at radius 3 is 3.16 bits per heavy atom. The zero-order chi connectivity index (χ0) is 13.3. The molecule has 5 heteroatoms. The molecule has 0 spiro atoms. The van der Waals surface area contributed by atoms with Gasteiger partial charge in [0, 0.05) is 37.0 Å². The van der Waals surface area contributed by atoms with Crippen molar-refractivity contribution in [2.75, 3.05) is 18.0 Å². The lowest BCUT2D eigenvalue weighted by Gasteiger charge is -2.47. The van der Waals surface area contributed by atoms with Crippen molar-refractivity contribution in [3.8, 4) is 0 Å². The van der Waals surface area contributed by atoms with Gasteiger partial charge >= 0.3 is 0 Å². The third-order valence-corrected chi connectivity index (χ3v) is 5.44. The Morgan fingerprint density at radius 2 is 2.32 bits per heavy atom. The number of piperidine rings is 1. The summed E-state index contributed by atoms with van der Waals surface area (Å²) in [7, 11) is 0. The van der Waals surface area contributed by atoms with Crippen molar-refractivity contribution in [3.05, 3.63) is 5.82 Å². The summed E-state index contributed by atoms with van der Waals surface area (Å²) in [6.45, 7) is 4.04. The smallest absolute Gasteiger partial charge is 0.205 e. The van der Waals surface area contributed by atoms with Crippen molar-refractivity contribution in [2.24, 2.45) is 5.92 Å². The van der Waals surface area contributed by atoms with E-state index in [-0.39, 0.29) is 0 Å². The average Bonchev–Trinajstić information content (AvgIpc) is 2.87. The van der Waals surface area contributed by atoms with E-state index in [9.17, 15) is 5.11 Å². The summed E-state index contributed by atoms with van der Waals surface area (Å²) in [6.07, 6.45) is 7.55. The molecule has 2 unspecified atom stereocenters. The SMILES string of the molecule is CCCc1nsc(N2CCC3(O)CCCCC3C2)n1. The Balaban J connectivity index is 1.69. The van der Waals surface area contributed by atoms with Crippen LogP contribution in [-0.2, 0) is 6.42 Å². The zero-order valence-corrected chi connectivity index (χ0v) is 12.5. The molecule has 106 valence electrons. The average molecular weight is 281 g/mol. The summed E-state index contributed by atoms with van der Waals surface area (Å²) < 4.78 is 4.43. The predicted molar refractivity (Wildman–Crippen MR) is 77.6 cm³/mol. The molecule has 2 heterocycles. The molecule has 19 heavy (non-hydrogen) atoms. The number of hydrogen-bond donors (Lipinski definition) is 1. The Labute approximate surface area is 119 Å². The van der Waals surface area contributed by atoms with Crippen LogP contribution in [0.3, 0.4) is 0 Å². The van der Waals surface area contributed by atoms with Crippen LogP contribution in [-0.4, -0.2) is 33.2 Å². The first kappa shape index (κ1) is 13.3. The molecule has 4 nitrogen and oxygen atoms in total. The van der Waals surface area contributed by atoms with Crippen LogP contribution in [0.15, 0.2) is 0 Å². The van der Waals surface area contributed by atoms with E-state index in [4.69, 9.17) is 0 Å². The van der Waals surface area contributed by atoms with Gasteiger partial charge in [-0.2, -0.15) is 4.37 Å². The Hall–Kier alpha value is -0.680. The first-order valence-corrected chi connectivity index (χ1v) is 8.28. The largest absolute Gasteiger partial charge is 0.389 e. The second-order valence-electron chi connectivity index (χ2n) is 5.99. The Morgan fingerprint density at radius 1 is 1.42 bits per heavy atom. The second kappa shape index (κ2) is 5.37. The van der Waals surface area contributed by atoms with Crippen molar-refractivity contribution >= 4 is 16.7 Å². The molecule has 1 saturated heterocycles. The van der Waals surface area contributed by atoms with Gasteiger partial charge in [0.05, 0.1) is 5.60 Å². The van der Waals surface area contributed by atoms with Gasteiger partial charge in [0.1, 0.15) is 5.82 Å². The van der Waals surface area contributed by atoms with Crippen molar-refractivity contribution in [1.82, 2.24) is 9.36 Å². The van der Waals surface area contributed by atoms with Crippen molar-refractivity contribution in [2.45, 2.75) is 57.5 Å². The maximum atomic E-state index is 10.7. The van der Waals surface area contributed by atoms with Crippen LogP contribution >= 0.6 is 11.5 Å². The van der Waals surface area contributed by atoms with Gasteiger partial charge in [-0.15, -0.1) is 0 Å². The van der Waals surface area contributed by atoms with Crippen LogP contribution in [0.4, 0.5) is 5.13 Å². The standard InChI is InChI=1S/C14H23N3OS/c1-2-5-12-15-13(19-16-12)17-9-8-14(18)7-4-3-6-11(14)10-17/h11,18H,2-10H2,1H3. The van der Waals surface area contributed by atoms with Gasteiger partial charge in [-0.05, 0) is 25.7 Å². The number of aliphatic hydroxyl groups is 1. The van der Waals surface area contributed by atoms with Crippen molar-refractivity contribution < 1.29 is 5.11 Å². The van der Waals surface area contributed by atoms with Gasteiger partial charge in [0.2, 0.25) is 5.13 Å². The molecule has 2 atom stereocenters. The molecule has 0 amide bonds. The van der Waals surface area contributed by atoms with Crippen LogP contribution in [0.2, 0.25) is 0 Å². The molecule has 2 aliphatic rings. The van der Waals surface area contributed by atoms with Crippen LogP contribution in [0.1, 0.15) is 51.3 Å². The number of hydrogen-bond acceptors (Lipinski definition) is 5. The van der Waals surface area contributed by atoms with Gasteiger partial charge < -0.3 is 10.0 Å². The number of aryl methyl sites for hydroxylation is 1. The first-order chi connectivity index (χ1) is 9.21. The molecule has 1 aromatic rings.